The number of aromatic amines is 1. The number of anilines is 1. The molecule has 7 nitrogen and oxygen atoms in total. The minimum Gasteiger partial charge on any atom is -0.390 e. The van der Waals surface area contributed by atoms with Crippen molar-refractivity contribution in [3.05, 3.63) is 51.2 Å². The highest BCUT2D eigenvalue weighted by Gasteiger charge is 2.23. The summed E-state index contributed by atoms with van der Waals surface area (Å²) in [6.07, 6.45) is 0.621. The molecule has 1 aromatic carbocycles. The second kappa shape index (κ2) is 6.87. The molecule has 26 heavy (non-hydrogen) atoms. The van der Waals surface area contributed by atoms with Gasteiger partial charge in [-0.25, -0.2) is 9.07 Å². The molecule has 3 aromatic rings. The van der Waals surface area contributed by atoms with Crippen LogP contribution in [0.1, 0.15) is 36.2 Å². The molecule has 0 saturated carbocycles. The summed E-state index contributed by atoms with van der Waals surface area (Å²) in [7, 11) is 3.54. The number of aromatic nitrogens is 4. The van der Waals surface area contributed by atoms with Crippen LogP contribution in [-0.2, 0) is 6.61 Å². The predicted octanol–water partition coefficient (Wildman–Crippen LogP) is 2.12. The van der Waals surface area contributed by atoms with Crippen LogP contribution in [0.25, 0.3) is 11.0 Å². The fraction of sp³-hybridized carbons (Fsp3) is 0.389. The van der Waals surface area contributed by atoms with Crippen LogP contribution >= 0.6 is 0 Å². The first kappa shape index (κ1) is 18.1. The Labute approximate surface area is 150 Å². The highest BCUT2D eigenvalue weighted by atomic mass is 19.1. The van der Waals surface area contributed by atoms with E-state index in [9.17, 15) is 14.3 Å². The Hall–Kier alpha value is -2.74. The molecule has 0 bridgehead atoms. The van der Waals surface area contributed by atoms with Crippen LogP contribution in [0.2, 0.25) is 0 Å². The molecule has 8 heteroatoms. The lowest BCUT2D eigenvalue weighted by molar-refractivity contribution is 0.275. The second-order valence-electron chi connectivity index (χ2n) is 6.46. The zero-order valence-corrected chi connectivity index (χ0v) is 15.2. The molecule has 0 aliphatic carbocycles. The van der Waals surface area contributed by atoms with Gasteiger partial charge in [0.1, 0.15) is 16.9 Å². The van der Waals surface area contributed by atoms with Crippen LogP contribution in [-0.4, -0.2) is 39.0 Å². The van der Waals surface area contributed by atoms with Gasteiger partial charge in [-0.3, -0.25) is 9.78 Å². The van der Waals surface area contributed by atoms with E-state index in [2.05, 4.69) is 15.1 Å². The number of hydrogen-bond acceptors (Lipinski definition) is 5. The van der Waals surface area contributed by atoms with Gasteiger partial charge in [-0.2, -0.15) is 10.1 Å². The fourth-order valence-electron chi connectivity index (χ4n) is 3.01. The fourth-order valence-corrected chi connectivity index (χ4v) is 3.01. The first-order chi connectivity index (χ1) is 12.4. The lowest BCUT2D eigenvalue weighted by Gasteiger charge is -2.18. The number of benzene rings is 1. The topological polar surface area (TPSA) is 87.0 Å². The molecular formula is C18H22FN5O2. The van der Waals surface area contributed by atoms with E-state index in [-0.39, 0.29) is 35.1 Å². The third-order valence-corrected chi connectivity index (χ3v) is 4.46. The Morgan fingerprint density at radius 1 is 1.38 bits per heavy atom. The average molecular weight is 359 g/mol. The lowest BCUT2D eigenvalue weighted by Crippen LogP contribution is -2.20. The molecule has 2 heterocycles. The minimum atomic E-state index is -0.381. The first-order valence-corrected chi connectivity index (χ1v) is 8.43. The van der Waals surface area contributed by atoms with Crippen LogP contribution in [0, 0.1) is 12.7 Å². The minimum absolute atomic E-state index is 0.254. The predicted molar refractivity (Wildman–Crippen MR) is 98.0 cm³/mol. The Morgan fingerprint density at radius 3 is 2.69 bits per heavy atom. The molecule has 0 fully saturated rings. The molecule has 0 aliphatic rings. The van der Waals surface area contributed by atoms with Crippen molar-refractivity contribution in [1.82, 2.24) is 19.7 Å². The third kappa shape index (κ3) is 2.96. The Morgan fingerprint density at radius 2 is 2.12 bits per heavy atom. The van der Waals surface area contributed by atoms with Crippen LogP contribution in [0.4, 0.5) is 10.3 Å². The molecule has 0 amide bonds. The van der Waals surface area contributed by atoms with E-state index in [0.29, 0.717) is 23.6 Å². The van der Waals surface area contributed by atoms with Crippen molar-refractivity contribution in [2.45, 2.75) is 32.9 Å². The molecule has 2 N–H and O–H groups in total. The molecule has 1 unspecified atom stereocenters. The summed E-state index contributed by atoms with van der Waals surface area (Å²) in [4.78, 5) is 21.4. The van der Waals surface area contributed by atoms with Crippen molar-refractivity contribution >= 4 is 17.0 Å². The van der Waals surface area contributed by atoms with Crippen molar-refractivity contribution in [2.75, 3.05) is 19.0 Å². The highest BCUT2D eigenvalue weighted by Crippen LogP contribution is 2.27. The van der Waals surface area contributed by atoms with Crippen molar-refractivity contribution < 1.29 is 9.50 Å². The number of rotatable bonds is 5. The number of aliphatic hydroxyl groups is 1. The number of nitrogens with zero attached hydrogens (tertiary/aromatic N) is 4. The number of aryl methyl sites for hydroxylation is 1. The molecular weight excluding hydrogens is 337 g/mol. The van der Waals surface area contributed by atoms with E-state index in [1.54, 1.807) is 36.7 Å². The summed E-state index contributed by atoms with van der Waals surface area (Å²) in [6.45, 7) is 3.28. The van der Waals surface area contributed by atoms with Crippen LogP contribution in [0.5, 0.6) is 0 Å². The SMILES string of the molecule is CCC(c1ccc(C)c(F)c1)n1nc(CO)c2c(=O)[nH]c(N(C)C)nc21. The van der Waals surface area contributed by atoms with E-state index in [4.69, 9.17) is 0 Å². The molecule has 3 rings (SSSR count). The number of nitrogens with one attached hydrogen (secondary N) is 1. The first-order valence-electron chi connectivity index (χ1n) is 8.43. The number of aliphatic hydroxyl groups excluding tert-OH is 1. The van der Waals surface area contributed by atoms with Gasteiger partial charge in [-0.15, -0.1) is 0 Å². The second-order valence-corrected chi connectivity index (χ2v) is 6.46. The molecule has 0 spiro atoms. The largest absolute Gasteiger partial charge is 0.390 e. The summed E-state index contributed by atoms with van der Waals surface area (Å²) in [5.41, 5.74) is 1.56. The smallest absolute Gasteiger partial charge is 0.263 e. The van der Waals surface area contributed by atoms with Gasteiger partial charge >= 0.3 is 0 Å². The number of fused-ring (bicyclic) bond motifs is 1. The Bertz CT molecular complexity index is 1010. The maximum Gasteiger partial charge on any atom is 0.263 e. The maximum absolute atomic E-state index is 14.1. The maximum atomic E-state index is 14.1. The molecule has 1 atom stereocenters. The number of hydrogen-bond donors (Lipinski definition) is 2. The quantitative estimate of drug-likeness (QED) is 0.729. The monoisotopic (exact) mass is 359 g/mol. The lowest BCUT2D eigenvalue weighted by atomic mass is 10.0. The van der Waals surface area contributed by atoms with Crippen molar-refractivity contribution in [2.24, 2.45) is 0 Å². The summed E-state index contributed by atoms with van der Waals surface area (Å²) in [6, 6.07) is 4.74. The van der Waals surface area contributed by atoms with E-state index >= 15 is 0 Å². The number of halogens is 1. The van der Waals surface area contributed by atoms with E-state index < -0.39 is 0 Å². The van der Waals surface area contributed by atoms with Crippen LogP contribution in [0.15, 0.2) is 23.0 Å². The van der Waals surface area contributed by atoms with Crippen molar-refractivity contribution in [3.8, 4) is 0 Å². The average Bonchev–Trinajstić information content (AvgIpc) is 2.98. The number of H-pyrrole nitrogens is 1. The van der Waals surface area contributed by atoms with Crippen molar-refractivity contribution in [3.63, 3.8) is 0 Å². The normalized spacial score (nSPS) is 12.5. The molecule has 0 saturated heterocycles. The standard InChI is InChI=1S/C18H22FN5O2/c1-5-14(11-7-6-10(2)12(19)8-11)24-16-15(13(9-25)22-24)17(26)21-18(20-16)23(3)4/h6-8,14,25H,5,9H2,1-4H3,(H,20,21,26). The van der Waals surface area contributed by atoms with Gasteiger partial charge in [0, 0.05) is 14.1 Å². The van der Waals surface area contributed by atoms with Gasteiger partial charge in [-0.1, -0.05) is 19.1 Å². The van der Waals surface area contributed by atoms with E-state index in [0.717, 1.165) is 5.56 Å². The van der Waals surface area contributed by atoms with E-state index in [1.165, 1.54) is 6.07 Å². The van der Waals surface area contributed by atoms with Crippen molar-refractivity contribution in [1.29, 1.82) is 0 Å². The molecule has 2 aromatic heterocycles. The molecule has 0 aliphatic heterocycles. The Balaban J connectivity index is 2.27. The summed E-state index contributed by atoms with van der Waals surface area (Å²) in [5.74, 6) is 0.0951. The van der Waals surface area contributed by atoms with Gasteiger partial charge in [0.05, 0.1) is 12.6 Å². The molecule has 0 radical (unpaired) electrons. The Kier molecular flexibility index (Phi) is 4.78. The zero-order chi connectivity index (χ0) is 19.0. The van der Waals surface area contributed by atoms with Gasteiger partial charge in [0.15, 0.2) is 5.65 Å². The van der Waals surface area contributed by atoms with Crippen LogP contribution in [0.3, 0.4) is 0 Å². The van der Waals surface area contributed by atoms with Gasteiger partial charge in [0.25, 0.3) is 5.56 Å². The van der Waals surface area contributed by atoms with Gasteiger partial charge in [-0.05, 0) is 30.5 Å². The summed E-state index contributed by atoms with van der Waals surface area (Å²) >= 11 is 0. The van der Waals surface area contributed by atoms with Gasteiger partial charge in [0.2, 0.25) is 5.95 Å². The third-order valence-electron chi connectivity index (χ3n) is 4.46. The summed E-state index contributed by atoms with van der Waals surface area (Å²) in [5, 5.41) is 14.3. The summed E-state index contributed by atoms with van der Waals surface area (Å²) < 4.78 is 15.7. The van der Waals surface area contributed by atoms with Gasteiger partial charge < -0.3 is 10.0 Å². The van der Waals surface area contributed by atoms with E-state index in [1.807, 2.05) is 13.0 Å². The highest BCUT2D eigenvalue weighted by molar-refractivity contribution is 5.78. The molecule has 138 valence electrons. The van der Waals surface area contributed by atoms with Crippen LogP contribution < -0.4 is 10.5 Å². The zero-order valence-electron chi connectivity index (χ0n) is 15.2.